The van der Waals surface area contributed by atoms with Crippen LogP contribution in [0.15, 0.2) is 5.38 Å². The fourth-order valence-electron chi connectivity index (χ4n) is 3.63. The van der Waals surface area contributed by atoms with Crippen LogP contribution in [-0.4, -0.2) is 6.54 Å². The summed E-state index contributed by atoms with van der Waals surface area (Å²) in [5.74, 6) is 2.42. The van der Waals surface area contributed by atoms with Gasteiger partial charge in [-0.1, -0.05) is 32.4 Å². The second-order valence-electron chi connectivity index (χ2n) is 6.31. The summed E-state index contributed by atoms with van der Waals surface area (Å²) in [6.07, 6.45) is 4.04. The number of aryl methyl sites for hydroxylation is 1. The van der Waals surface area contributed by atoms with E-state index in [1.165, 1.54) is 29.7 Å². The first-order valence-corrected chi connectivity index (χ1v) is 8.75. The molecule has 0 spiro atoms. The van der Waals surface area contributed by atoms with Crippen molar-refractivity contribution in [2.75, 3.05) is 6.54 Å². The maximum Gasteiger partial charge on any atom is 0.0590 e. The van der Waals surface area contributed by atoms with Gasteiger partial charge in [0.25, 0.3) is 0 Å². The van der Waals surface area contributed by atoms with Crippen LogP contribution in [0.4, 0.5) is 0 Å². The van der Waals surface area contributed by atoms with Crippen molar-refractivity contribution in [1.82, 2.24) is 5.32 Å². The molecule has 108 valence electrons. The van der Waals surface area contributed by atoms with Gasteiger partial charge in [-0.05, 0) is 61.4 Å². The second-order valence-corrected chi connectivity index (χ2v) is 7.60. The smallest absolute Gasteiger partial charge is 0.0590 e. The molecule has 0 amide bonds. The fourth-order valence-corrected chi connectivity index (χ4v) is 5.11. The number of thiophene rings is 1. The van der Waals surface area contributed by atoms with E-state index >= 15 is 0 Å². The third-order valence-electron chi connectivity index (χ3n) is 4.32. The molecule has 1 saturated carbocycles. The molecule has 19 heavy (non-hydrogen) atoms. The largest absolute Gasteiger partial charge is 0.309 e. The summed E-state index contributed by atoms with van der Waals surface area (Å²) in [7, 11) is 0. The average Bonchev–Trinajstić information content (AvgIpc) is 2.66. The lowest BCUT2D eigenvalue weighted by Crippen LogP contribution is -2.33. The molecule has 1 aromatic heterocycles. The summed E-state index contributed by atoms with van der Waals surface area (Å²) < 4.78 is 0. The predicted molar refractivity (Wildman–Crippen MR) is 86.2 cm³/mol. The van der Waals surface area contributed by atoms with Crippen LogP contribution in [0.1, 0.15) is 56.5 Å². The summed E-state index contributed by atoms with van der Waals surface area (Å²) in [6.45, 7) is 10.1. The molecule has 3 unspecified atom stereocenters. The van der Waals surface area contributed by atoms with Crippen molar-refractivity contribution in [2.24, 2.45) is 17.8 Å². The van der Waals surface area contributed by atoms with E-state index in [1.807, 2.05) is 11.3 Å². The van der Waals surface area contributed by atoms with Gasteiger partial charge in [-0.15, -0.1) is 11.3 Å². The Bertz CT molecular complexity index is 405. The molecule has 1 aliphatic rings. The van der Waals surface area contributed by atoms with Gasteiger partial charge in [0.1, 0.15) is 0 Å². The molecule has 1 fully saturated rings. The fraction of sp³-hybridized carbons (Fsp3) is 0.750. The third kappa shape index (κ3) is 3.53. The zero-order valence-electron chi connectivity index (χ0n) is 12.5. The number of hydrogen-bond acceptors (Lipinski definition) is 2. The van der Waals surface area contributed by atoms with Crippen molar-refractivity contribution in [2.45, 2.75) is 53.0 Å². The van der Waals surface area contributed by atoms with Crippen LogP contribution in [0.5, 0.6) is 0 Å². The van der Waals surface area contributed by atoms with Crippen molar-refractivity contribution in [3.05, 3.63) is 20.8 Å². The summed E-state index contributed by atoms with van der Waals surface area (Å²) in [6, 6.07) is 0.446. The summed E-state index contributed by atoms with van der Waals surface area (Å²) in [4.78, 5) is 1.35. The van der Waals surface area contributed by atoms with E-state index in [0.29, 0.717) is 6.04 Å². The van der Waals surface area contributed by atoms with E-state index in [0.717, 1.165) is 29.3 Å². The molecule has 0 radical (unpaired) electrons. The molecule has 1 aromatic rings. The summed E-state index contributed by atoms with van der Waals surface area (Å²) in [5, 5.41) is 6.87. The van der Waals surface area contributed by atoms with Crippen molar-refractivity contribution < 1.29 is 0 Å². The van der Waals surface area contributed by atoms with Crippen LogP contribution < -0.4 is 5.32 Å². The highest BCUT2D eigenvalue weighted by Crippen LogP contribution is 2.43. The minimum Gasteiger partial charge on any atom is -0.309 e. The normalized spacial score (nSPS) is 29.4. The third-order valence-corrected chi connectivity index (χ3v) is 6.12. The first kappa shape index (κ1) is 15.3. The van der Waals surface area contributed by atoms with Gasteiger partial charge in [0.05, 0.1) is 5.02 Å². The topological polar surface area (TPSA) is 12.0 Å². The van der Waals surface area contributed by atoms with Crippen LogP contribution >= 0.6 is 22.9 Å². The lowest BCUT2D eigenvalue weighted by molar-refractivity contribution is 0.179. The quantitative estimate of drug-likeness (QED) is 0.781. The molecule has 0 aliphatic heterocycles. The molecule has 0 saturated heterocycles. The van der Waals surface area contributed by atoms with E-state index in [4.69, 9.17) is 11.6 Å². The van der Waals surface area contributed by atoms with Gasteiger partial charge in [0.15, 0.2) is 0 Å². The Balaban J connectivity index is 2.22. The number of halogens is 1. The number of hydrogen-bond donors (Lipinski definition) is 1. The van der Waals surface area contributed by atoms with Gasteiger partial charge < -0.3 is 5.32 Å². The van der Waals surface area contributed by atoms with E-state index in [9.17, 15) is 0 Å². The van der Waals surface area contributed by atoms with E-state index < -0.39 is 0 Å². The van der Waals surface area contributed by atoms with Gasteiger partial charge in [-0.2, -0.15) is 0 Å². The molecule has 1 N–H and O–H groups in total. The van der Waals surface area contributed by atoms with Crippen molar-refractivity contribution >= 4 is 22.9 Å². The highest BCUT2D eigenvalue weighted by atomic mass is 35.5. The maximum atomic E-state index is 6.50. The van der Waals surface area contributed by atoms with Crippen LogP contribution in [-0.2, 0) is 0 Å². The minimum atomic E-state index is 0.446. The second kappa shape index (κ2) is 6.60. The molecule has 0 aromatic carbocycles. The zero-order chi connectivity index (χ0) is 14.0. The molecule has 3 heteroatoms. The monoisotopic (exact) mass is 299 g/mol. The van der Waals surface area contributed by atoms with Crippen molar-refractivity contribution in [3.63, 3.8) is 0 Å². The molecular weight excluding hydrogens is 274 g/mol. The number of rotatable bonds is 4. The van der Waals surface area contributed by atoms with Gasteiger partial charge in [0.2, 0.25) is 0 Å². The minimum absolute atomic E-state index is 0.446. The molecule has 2 rings (SSSR count). The highest BCUT2D eigenvalue weighted by Gasteiger charge is 2.32. The Morgan fingerprint density at radius 3 is 2.42 bits per heavy atom. The van der Waals surface area contributed by atoms with E-state index in [-0.39, 0.29) is 0 Å². The Morgan fingerprint density at radius 1 is 1.32 bits per heavy atom. The predicted octanol–water partition coefficient (Wildman–Crippen LogP) is 5.43. The van der Waals surface area contributed by atoms with Crippen LogP contribution in [0.3, 0.4) is 0 Å². The molecule has 1 heterocycles. The Morgan fingerprint density at radius 2 is 1.95 bits per heavy atom. The number of nitrogens with one attached hydrogen (secondary N) is 1. The van der Waals surface area contributed by atoms with Crippen molar-refractivity contribution in [3.8, 4) is 0 Å². The van der Waals surface area contributed by atoms with Gasteiger partial charge in [0, 0.05) is 10.9 Å². The van der Waals surface area contributed by atoms with Gasteiger partial charge in [-0.25, -0.2) is 0 Å². The SMILES string of the molecule is CCNC(c1scc(C)c1Cl)C1CC(C)CC(C)C1. The van der Waals surface area contributed by atoms with Crippen LogP contribution in [0.25, 0.3) is 0 Å². The van der Waals surface area contributed by atoms with Crippen LogP contribution in [0.2, 0.25) is 5.02 Å². The Hall–Kier alpha value is -0.0500. The standard InChI is InChI=1S/C16H26ClNS/c1-5-18-15(16-14(17)12(4)9-19-16)13-7-10(2)6-11(3)8-13/h9-11,13,15,18H,5-8H2,1-4H3. The van der Waals surface area contributed by atoms with E-state index in [1.54, 1.807) is 0 Å². The summed E-state index contributed by atoms with van der Waals surface area (Å²) >= 11 is 8.33. The molecular formula is C16H26ClNS. The summed E-state index contributed by atoms with van der Waals surface area (Å²) in [5.41, 5.74) is 1.22. The highest BCUT2D eigenvalue weighted by molar-refractivity contribution is 7.10. The molecule has 1 nitrogen and oxygen atoms in total. The molecule has 0 bridgehead atoms. The lowest BCUT2D eigenvalue weighted by atomic mass is 9.73. The Kier molecular flexibility index (Phi) is 5.33. The molecule has 1 aliphatic carbocycles. The van der Waals surface area contributed by atoms with Gasteiger partial charge >= 0.3 is 0 Å². The first-order chi connectivity index (χ1) is 9.02. The van der Waals surface area contributed by atoms with Crippen molar-refractivity contribution in [1.29, 1.82) is 0 Å². The Labute approximate surface area is 126 Å². The molecule has 3 atom stereocenters. The first-order valence-electron chi connectivity index (χ1n) is 7.49. The van der Waals surface area contributed by atoms with E-state index in [2.05, 4.69) is 38.4 Å². The van der Waals surface area contributed by atoms with Crippen LogP contribution in [0, 0.1) is 24.7 Å². The average molecular weight is 300 g/mol. The zero-order valence-corrected chi connectivity index (χ0v) is 14.1. The maximum absolute atomic E-state index is 6.50. The lowest BCUT2D eigenvalue weighted by Gasteiger charge is -2.36. The van der Waals surface area contributed by atoms with Gasteiger partial charge in [-0.3, -0.25) is 0 Å².